The molecule has 34 heavy (non-hydrogen) atoms. The van der Waals surface area contributed by atoms with E-state index in [9.17, 15) is 44.3 Å². The van der Waals surface area contributed by atoms with Gasteiger partial charge in [0.05, 0.1) is 28.6 Å². The van der Waals surface area contributed by atoms with Crippen molar-refractivity contribution in [3.8, 4) is 5.69 Å². The van der Waals surface area contributed by atoms with Crippen LogP contribution in [0, 0.1) is 0 Å². The van der Waals surface area contributed by atoms with E-state index in [2.05, 4.69) is 5.10 Å². The topological polar surface area (TPSA) is 46.9 Å². The van der Waals surface area contributed by atoms with Crippen molar-refractivity contribution >= 4 is 17.5 Å². The Kier molecular flexibility index (Phi) is 6.62. The van der Waals surface area contributed by atoms with Crippen LogP contribution in [-0.4, -0.2) is 15.7 Å². The Morgan fingerprint density at radius 1 is 0.853 bits per heavy atom. The Morgan fingerprint density at radius 2 is 1.38 bits per heavy atom. The molecule has 0 spiro atoms. The number of amides is 1. The molecule has 1 N–H and O–H groups in total. The molecule has 0 aliphatic carbocycles. The number of carbonyl (C=O) groups is 1. The first-order valence-electron chi connectivity index (χ1n) is 9.05. The highest BCUT2D eigenvalue weighted by atomic mass is 35.5. The predicted octanol–water partition coefficient (Wildman–Crippen LogP) is 6.51. The van der Waals surface area contributed by atoms with E-state index in [0.717, 1.165) is 0 Å². The molecule has 0 bridgehead atoms. The molecule has 0 saturated carbocycles. The van der Waals surface area contributed by atoms with Crippen molar-refractivity contribution < 1.29 is 44.3 Å². The van der Waals surface area contributed by atoms with Crippen LogP contribution in [0.15, 0.2) is 48.7 Å². The molecule has 1 amide bonds. The minimum Gasteiger partial charge on any atom is -0.348 e. The third-order valence-corrected chi connectivity index (χ3v) is 4.71. The number of benzene rings is 2. The van der Waals surface area contributed by atoms with Gasteiger partial charge in [-0.05, 0) is 48.0 Å². The summed E-state index contributed by atoms with van der Waals surface area (Å²) in [5.41, 5.74) is -6.44. The van der Waals surface area contributed by atoms with Gasteiger partial charge in [-0.15, -0.1) is 0 Å². The van der Waals surface area contributed by atoms with Crippen molar-refractivity contribution in [3.05, 3.63) is 81.6 Å². The minimum atomic E-state index is -5.12. The lowest BCUT2D eigenvalue weighted by molar-refractivity contribution is -0.144. The molecule has 0 atom stereocenters. The fourth-order valence-electron chi connectivity index (χ4n) is 2.96. The molecule has 0 aliphatic heterocycles. The lowest BCUT2D eigenvalue weighted by Gasteiger charge is -2.15. The smallest absolute Gasteiger partial charge is 0.348 e. The summed E-state index contributed by atoms with van der Waals surface area (Å²) in [4.78, 5) is 12.4. The van der Waals surface area contributed by atoms with Gasteiger partial charge in [-0.2, -0.15) is 44.6 Å². The van der Waals surface area contributed by atoms with Gasteiger partial charge in [0.25, 0.3) is 5.91 Å². The number of rotatable bonds is 4. The summed E-state index contributed by atoms with van der Waals surface area (Å²) >= 11 is 5.71. The van der Waals surface area contributed by atoms with Crippen molar-refractivity contribution in [3.63, 3.8) is 0 Å². The minimum absolute atomic E-state index is 0.0940. The lowest BCUT2D eigenvalue weighted by atomic mass is 10.0. The molecule has 3 aromatic rings. The summed E-state index contributed by atoms with van der Waals surface area (Å²) in [6.45, 7) is -0.907. The average molecular weight is 516 g/mol. The molecule has 1 heterocycles. The maximum Gasteiger partial charge on any atom is 0.434 e. The standard InChI is InChI=1S/C20H11ClF9N3O/c21-13-1-3-14(4-2-13)33-16(20(28,29)30)15(9-32-33)17(34)31-8-10-5-11(18(22,23)24)7-12(6-10)19(25,26)27/h1-7,9H,8H2,(H,31,34). The molecular formula is C20H11ClF9N3O. The first kappa shape index (κ1) is 25.4. The van der Waals surface area contributed by atoms with Gasteiger partial charge in [0.2, 0.25) is 0 Å². The molecule has 14 heteroatoms. The summed E-state index contributed by atoms with van der Waals surface area (Å²) in [5.74, 6) is -1.40. The van der Waals surface area contributed by atoms with Crippen molar-refractivity contribution in [1.29, 1.82) is 0 Å². The summed E-state index contributed by atoms with van der Waals surface area (Å²) in [5, 5.41) is 5.68. The van der Waals surface area contributed by atoms with Gasteiger partial charge in [0, 0.05) is 11.6 Å². The maximum absolute atomic E-state index is 13.7. The zero-order chi connectivity index (χ0) is 25.5. The SMILES string of the molecule is O=C(NCc1cc(C(F)(F)F)cc(C(F)(F)F)c1)c1cnn(-c2ccc(Cl)cc2)c1C(F)(F)F. The fourth-order valence-corrected chi connectivity index (χ4v) is 3.09. The van der Waals surface area contributed by atoms with Crippen LogP contribution < -0.4 is 5.32 Å². The van der Waals surface area contributed by atoms with Crippen LogP contribution in [0.1, 0.15) is 32.7 Å². The number of hydrogen-bond donors (Lipinski definition) is 1. The van der Waals surface area contributed by atoms with Crippen LogP contribution in [0.2, 0.25) is 5.02 Å². The number of carbonyl (C=O) groups excluding carboxylic acids is 1. The molecule has 2 aromatic carbocycles. The van der Waals surface area contributed by atoms with Crippen LogP contribution in [0.5, 0.6) is 0 Å². The normalized spacial score (nSPS) is 12.6. The van der Waals surface area contributed by atoms with Crippen molar-refractivity contribution in [2.75, 3.05) is 0 Å². The lowest BCUT2D eigenvalue weighted by Crippen LogP contribution is -2.26. The van der Waals surface area contributed by atoms with E-state index >= 15 is 0 Å². The number of hydrogen-bond acceptors (Lipinski definition) is 2. The Balaban J connectivity index is 1.93. The third-order valence-electron chi connectivity index (χ3n) is 4.45. The molecule has 0 saturated heterocycles. The van der Waals surface area contributed by atoms with Gasteiger partial charge in [0.15, 0.2) is 5.69 Å². The summed E-state index contributed by atoms with van der Waals surface area (Å²) < 4.78 is 119. The van der Waals surface area contributed by atoms with Gasteiger partial charge in [-0.1, -0.05) is 11.6 Å². The molecule has 0 radical (unpaired) electrons. The van der Waals surface area contributed by atoms with Crippen molar-refractivity contribution in [2.24, 2.45) is 0 Å². The largest absolute Gasteiger partial charge is 0.434 e. The zero-order valence-corrected chi connectivity index (χ0v) is 17.2. The molecule has 182 valence electrons. The van der Waals surface area contributed by atoms with E-state index in [-0.39, 0.29) is 16.8 Å². The van der Waals surface area contributed by atoms with E-state index in [1.807, 2.05) is 5.32 Å². The monoisotopic (exact) mass is 515 g/mol. The number of nitrogens with one attached hydrogen (secondary N) is 1. The average Bonchev–Trinajstić information content (AvgIpc) is 3.17. The quantitative estimate of drug-likeness (QED) is 0.403. The van der Waals surface area contributed by atoms with Crippen molar-refractivity contribution in [1.82, 2.24) is 15.1 Å². The molecule has 1 aromatic heterocycles. The number of aromatic nitrogens is 2. The van der Waals surface area contributed by atoms with E-state index in [1.54, 1.807) is 0 Å². The highest BCUT2D eigenvalue weighted by Crippen LogP contribution is 2.37. The second-order valence-corrected chi connectivity index (χ2v) is 7.33. The Bertz CT molecular complexity index is 1160. The van der Waals surface area contributed by atoms with E-state index < -0.39 is 58.9 Å². The summed E-state index contributed by atoms with van der Waals surface area (Å²) in [6.07, 6.45) is -14.7. The molecule has 0 aliphatic rings. The second kappa shape index (κ2) is 8.85. The van der Waals surface area contributed by atoms with Gasteiger partial charge in [-0.3, -0.25) is 4.79 Å². The van der Waals surface area contributed by atoms with Crippen LogP contribution in [-0.2, 0) is 25.1 Å². The Morgan fingerprint density at radius 3 is 1.85 bits per heavy atom. The highest BCUT2D eigenvalue weighted by molar-refractivity contribution is 6.30. The molecule has 0 fully saturated rings. The maximum atomic E-state index is 13.7. The molecular weight excluding hydrogens is 505 g/mol. The van der Waals surface area contributed by atoms with Gasteiger partial charge >= 0.3 is 18.5 Å². The van der Waals surface area contributed by atoms with Crippen LogP contribution in [0.3, 0.4) is 0 Å². The zero-order valence-electron chi connectivity index (χ0n) is 16.4. The summed E-state index contributed by atoms with van der Waals surface area (Å²) in [7, 11) is 0. The van der Waals surface area contributed by atoms with Crippen molar-refractivity contribution in [2.45, 2.75) is 25.1 Å². The van der Waals surface area contributed by atoms with Crippen LogP contribution in [0.4, 0.5) is 39.5 Å². The molecule has 0 unspecified atom stereocenters. The Labute approximate surface area is 189 Å². The van der Waals surface area contributed by atoms with E-state index in [1.165, 1.54) is 24.3 Å². The molecule has 4 nitrogen and oxygen atoms in total. The fraction of sp³-hybridized carbons (Fsp3) is 0.200. The van der Waals surface area contributed by atoms with E-state index in [0.29, 0.717) is 23.0 Å². The van der Waals surface area contributed by atoms with Gasteiger partial charge < -0.3 is 5.32 Å². The number of halogens is 10. The van der Waals surface area contributed by atoms with Crippen LogP contribution in [0.25, 0.3) is 5.69 Å². The number of nitrogens with zero attached hydrogens (tertiary/aromatic N) is 2. The van der Waals surface area contributed by atoms with E-state index in [4.69, 9.17) is 11.6 Å². The number of alkyl halides is 9. The first-order chi connectivity index (χ1) is 15.6. The predicted molar refractivity (Wildman–Crippen MR) is 101 cm³/mol. The first-order valence-corrected chi connectivity index (χ1v) is 9.43. The van der Waals surface area contributed by atoms with Gasteiger partial charge in [0.1, 0.15) is 0 Å². The van der Waals surface area contributed by atoms with Crippen LogP contribution >= 0.6 is 11.6 Å². The van der Waals surface area contributed by atoms with Gasteiger partial charge in [-0.25, -0.2) is 4.68 Å². The highest BCUT2D eigenvalue weighted by Gasteiger charge is 2.41. The second-order valence-electron chi connectivity index (χ2n) is 6.89. The third kappa shape index (κ3) is 5.64. The molecule has 3 rings (SSSR count). The Hall–Kier alpha value is -3.22. The summed E-state index contributed by atoms with van der Waals surface area (Å²) in [6, 6.07) is 5.58.